The molecular weight excluding hydrogens is 286 g/mol. The molecule has 0 aliphatic carbocycles. The molecule has 2 heterocycles. The molecular formula is C16H19NO3S. The molecule has 5 heteroatoms. The zero-order chi connectivity index (χ0) is 15.0. The largest absolute Gasteiger partial charge is 0.475 e. The third-order valence-corrected chi connectivity index (χ3v) is 5.00. The number of carboxylic acids is 1. The first-order chi connectivity index (χ1) is 9.93. The van der Waals surface area contributed by atoms with Crippen LogP contribution in [-0.4, -0.2) is 39.6 Å². The number of carbonyl (C=O) groups is 1. The lowest BCUT2D eigenvalue weighted by molar-refractivity contribution is 0.0665. The maximum absolute atomic E-state index is 10.9. The van der Waals surface area contributed by atoms with Gasteiger partial charge in [0.2, 0.25) is 5.76 Å². The molecule has 0 unspecified atom stereocenters. The quantitative estimate of drug-likeness (QED) is 0.941. The highest BCUT2D eigenvalue weighted by Gasteiger charge is 2.26. The smallest absolute Gasteiger partial charge is 0.371 e. The van der Waals surface area contributed by atoms with Crippen LogP contribution in [0.2, 0.25) is 0 Å². The second-order valence-electron chi connectivity index (χ2n) is 6.11. The summed E-state index contributed by atoms with van der Waals surface area (Å²) in [7, 11) is 0. The van der Waals surface area contributed by atoms with E-state index in [1.54, 1.807) is 6.07 Å². The van der Waals surface area contributed by atoms with Gasteiger partial charge in [-0.2, -0.15) is 11.8 Å². The van der Waals surface area contributed by atoms with Crippen LogP contribution in [0.25, 0.3) is 11.0 Å². The fraction of sp³-hybridized carbons (Fsp3) is 0.438. The highest BCUT2D eigenvalue weighted by atomic mass is 32.2. The lowest BCUT2D eigenvalue weighted by Crippen LogP contribution is -2.42. The van der Waals surface area contributed by atoms with Gasteiger partial charge in [-0.3, -0.25) is 4.90 Å². The Labute approximate surface area is 128 Å². The van der Waals surface area contributed by atoms with Crippen LogP contribution in [-0.2, 0) is 6.54 Å². The molecule has 3 rings (SSSR count). The standard InChI is InChI=1S/C16H19NO3S/c1-16(2)10-17(5-6-21-16)9-11-3-4-13-12(7-11)8-14(20-13)15(18)19/h3-4,7-8H,5-6,9-10H2,1-2H3,(H,18,19). The number of hydrogen-bond donors (Lipinski definition) is 1. The molecule has 1 aromatic carbocycles. The van der Waals surface area contributed by atoms with Crippen molar-refractivity contribution in [2.24, 2.45) is 0 Å². The number of aromatic carboxylic acids is 1. The van der Waals surface area contributed by atoms with E-state index in [1.807, 2.05) is 30.0 Å². The van der Waals surface area contributed by atoms with E-state index >= 15 is 0 Å². The number of hydrogen-bond acceptors (Lipinski definition) is 4. The summed E-state index contributed by atoms with van der Waals surface area (Å²) in [6, 6.07) is 7.50. The van der Waals surface area contributed by atoms with Crippen molar-refractivity contribution in [2.45, 2.75) is 25.1 Å². The van der Waals surface area contributed by atoms with Crippen LogP contribution in [0.3, 0.4) is 0 Å². The van der Waals surface area contributed by atoms with Gasteiger partial charge in [0.15, 0.2) is 0 Å². The molecule has 0 amide bonds. The average Bonchev–Trinajstić information content (AvgIpc) is 2.80. The Hall–Kier alpha value is -1.46. The Kier molecular flexibility index (Phi) is 3.71. The first kappa shape index (κ1) is 14.5. The van der Waals surface area contributed by atoms with Crippen molar-refractivity contribution in [2.75, 3.05) is 18.8 Å². The van der Waals surface area contributed by atoms with Gasteiger partial charge in [-0.1, -0.05) is 6.07 Å². The Morgan fingerprint density at radius 3 is 2.95 bits per heavy atom. The van der Waals surface area contributed by atoms with E-state index in [2.05, 4.69) is 18.7 Å². The summed E-state index contributed by atoms with van der Waals surface area (Å²) in [6.45, 7) is 7.62. The molecule has 21 heavy (non-hydrogen) atoms. The van der Waals surface area contributed by atoms with E-state index < -0.39 is 5.97 Å². The predicted octanol–water partition coefficient (Wildman–Crippen LogP) is 3.46. The van der Waals surface area contributed by atoms with Crippen molar-refractivity contribution >= 4 is 28.7 Å². The number of benzene rings is 1. The molecule has 0 bridgehead atoms. The van der Waals surface area contributed by atoms with Gasteiger partial charge < -0.3 is 9.52 Å². The van der Waals surface area contributed by atoms with Crippen molar-refractivity contribution in [3.63, 3.8) is 0 Å². The molecule has 0 atom stereocenters. The minimum atomic E-state index is -1.03. The summed E-state index contributed by atoms with van der Waals surface area (Å²) in [5, 5.41) is 9.83. The van der Waals surface area contributed by atoms with Gasteiger partial charge in [-0.25, -0.2) is 4.79 Å². The van der Waals surface area contributed by atoms with Gasteiger partial charge in [0.1, 0.15) is 5.58 Å². The Balaban J connectivity index is 1.79. The van der Waals surface area contributed by atoms with Crippen LogP contribution in [0.1, 0.15) is 30.0 Å². The summed E-state index contributed by atoms with van der Waals surface area (Å²) in [5.74, 6) is 0.129. The normalized spacial score (nSPS) is 19.0. The Morgan fingerprint density at radius 1 is 1.43 bits per heavy atom. The molecule has 1 N–H and O–H groups in total. The molecule has 0 radical (unpaired) electrons. The monoisotopic (exact) mass is 305 g/mol. The molecule has 4 nitrogen and oxygen atoms in total. The minimum absolute atomic E-state index is 0.00217. The zero-order valence-electron chi connectivity index (χ0n) is 12.3. The number of rotatable bonds is 3. The van der Waals surface area contributed by atoms with E-state index in [0.717, 1.165) is 30.8 Å². The molecule has 0 spiro atoms. The summed E-state index contributed by atoms with van der Waals surface area (Å²) in [6.07, 6.45) is 0. The number of furan rings is 1. The number of thioether (sulfide) groups is 1. The summed E-state index contributed by atoms with van der Waals surface area (Å²) in [4.78, 5) is 13.4. The van der Waals surface area contributed by atoms with Gasteiger partial charge in [0.25, 0.3) is 0 Å². The Bertz CT molecular complexity index is 677. The molecule has 112 valence electrons. The number of carboxylic acid groups (broad SMARTS) is 1. The highest BCUT2D eigenvalue weighted by molar-refractivity contribution is 8.00. The maximum atomic E-state index is 10.9. The molecule has 1 fully saturated rings. The van der Waals surface area contributed by atoms with Gasteiger partial charge in [0.05, 0.1) is 0 Å². The van der Waals surface area contributed by atoms with Crippen LogP contribution in [0.15, 0.2) is 28.7 Å². The SMILES string of the molecule is CC1(C)CN(Cc2ccc3oc(C(=O)O)cc3c2)CCS1. The lowest BCUT2D eigenvalue weighted by atomic mass is 10.1. The van der Waals surface area contributed by atoms with Crippen molar-refractivity contribution in [1.82, 2.24) is 4.90 Å². The van der Waals surface area contributed by atoms with E-state index in [4.69, 9.17) is 9.52 Å². The van der Waals surface area contributed by atoms with Crippen LogP contribution in [0, 0.1) is 0 Å². The van der Waals surface area contributed by atoms with Crippen molar-refractivity contribution in [3.8, 4) is 0 Å². The molecule has 1 aromatic heterocycles. The molecule has 1 saturated heterocycles. The van der Waals surface area contributed by atoms with E-state index in [0.29, 0.717) is 10.3 Å². The van der Waals surface area contributed by atoms with Crippen LogP contribution in [0.5, 0.6) is 0 Å². The van der Waals surface area contributed by atoms with E-state index in [-0.39, 0.29) is 5.76 Å². The van der Waals surface area contributed by atoms with Crippen LogP contribution in [0.4, 0.5) is 0 Å². The molecule has 0 saturated carbocycles. The molecule has 1 aliphatic rings. The fourth-order valence-corrected chi connectivity index (χ4v) is 3.98. The zero-order valence-corrected chi connectivity index (χ0v) is 13.1. The predicted molar refractivity (Wildman–Crippen MR) is 85.0 cm³/mol. The summed E-state index contributed by atoms with van der Waals surface area (Å²) < 4.78 is 5.59. The van der Waals surface area contributed by atoms with Crippen molar-refractivity contribution < 1.29 is 14.3 Å². The van der Waals surface area contributed by atoms with Gasteiger partial charge in [-0.15, -0.1) is 0 Å². The van der Waals surface area contributed by atoms with E-state index in [1.165, 1.54) is 5.56 Å². The van der Waals surface area contributed by atoms with Crippen molar-refractivity contribution in [1.29, 1.82) is 0 Å². The van der Waals surface area contributed by atoms with Gasteiger partial charge >= 0.3 is 5.97 Å². The van der Waals surface area contributed by atoms with Crippen molar-refractivity contribution in [3.05, 3.63) is 35.6 Å². The third-order valence-electron chi connectivity index (χ3n) is 3.70. The van der Waals surface area contributed by atoms with E-state index in [9.17, 15) is 4.79 Å². The fourth-order valence-electron chi connectivity index (χ4n) is 2.80. The second kappa shape index (κ2) is 5.39. The first-order valence-electron chi connectivity index (χ1n) is 7.05. The number of nitrogens with zero attached hydrogens (tertiary/aromatic N) is 1. The topological polar surface area (TPSA) is 53.7 Å². The van der Waals surface area contributed by atoms with Gasteiger partial charge in [0, 0.05) is 35.5 Å². The number of fused-ring (bicyclic) bond motifs is 1. The summed E-state index contributed by atoms with van der Waals surface area (Å²) in [5.41, 5.74) is 1.83. The highest BCUT2D eigenvalue weighted by Crippen LogP contribution is 2.30. The maximum Gasteiger partial charge on any atom is 0.371 e. The molecule has 1 aliphatic heterocycles. The average molecular weight is 305 g/mol. The van der Waals surface area contributed by atoms with Crippen LogP contribution >= 0.6 is 11.8 Å². The third kappa shape index (κ3) is 3.24. The second-order valence-corrected chi connectivity index (χ2v) is 7.91. The summed E-state index contributed by atoms with van der Waals surface area (Å²) >= 11 is 2.02. The molecule has 2 aromatic rings. The first-order valence-corrected chi connectivity index (χ1v) is 8.04. The Morgan fingerprint density at radius 2 is 2.24 bits per heavy atom. The van der Waals surface area contributed by atoms with Crippen LogP contribution < -0.4 is 0 Å². The lowest BCUT2D eigenvalue weighted by Gasteiger charge is -2.37. The van der Waals surface area contributed by atoms with Gasteiger partial charge in [-0.05, 0) is 37.6 Å². The minimum Gasteiger partial charge on any atom is -0.475 e.